The van der Waals surface area contributed by atoms with Crippen LogP contribution in [0.1, 0.15) is 23.0 Å². The van der Waals surface area contributed by atoms with Crippen LogP contribution in [0.2, 0.25) is 0 Å². The largest absolute Gasteiger partial charge is 0.489 e. The molecular formula is C19H16F2N2O2S. The van der Waals surface area contributed by atoms with Crippen molar-refractivity contribution in [2.24, 2.45) is 0 Å². The van der Waals surface area contributed by atoms with E-state index in [9.17, 15) is 13.6 Å². The van der Waals surface area contributed by atoms with Gasteiger partial charge in [0.25, 0.3) is 5.91 Å². The second-order valence-electron chi connectivity index (χ2n) is 5.46. The fraction of sp³-hybridized carbons (Fsp3) is 0.158. The molecule has 0 atom stereocenters. The maximum atomic E-state index is 13.2. The number of halogens is 2. The molecule has 1 amide bonds. The first-order valence-corrected chi connectivity index (χ1v) is 8.85. The molecule has 1 N–H and O–H groups in total. The van der Waals surface area contributed by atoms with Crippen molar-refractivity contribution in [2.45, 2.75) is 13.5 Å². The van der Waals surface area contributed by atoms with E-state index in [1.165, 1.54) is 17.4 Å². The summed E-state index contributed by atoms with van der Waals surface area (Å²) in [6.45, 7) is 2.54. The van der Waals surface area contributed by atoms with Crippen LogP contribution in [-0.2, 0) is 6.61 Å². The number of hydrogen-bond acceptors (Lipinski definition) is 4. The molecule has 4 nitrogen and oxygen atoms in total. The van der Waals surface area contributed by atoms with Crippen LogP contribution in [0.5, 0.6) is 5.75 Å². The minimum atomic E-state index is -0.895. The zero-order chi connectivity index (χ0) is 18.5. The highest BCUT2D eigenvalue weighted by Gasteiger charge is 2.11. The number of hydrogen-bond donors (Lipinski definition) is 1. The molecule has 26 heavy (non-hydrogen) atoms. The number of nitrogens with one attached hydrogen (secondary N) is 1. The van der Waals surface area contributed by atoms with Crippen LogP contribution < -0.4 is 10.1 Å². The monoisotopic (exact) mass is 374 g/mol. The fourth-order valence-corrected chi connectivity index (χ4v) is 3.06. The molecule has 0 saturated carbocycles. The normalized spacial score (nSPS) is 10.6. The Morgan fingerprint density at radius 1 is 1.15 bits per heavy atom. The number of nitrogens with zero attached hydrogens (tertiary/aromatic N) is 1. The summed E-state index contributed by atoms with van der Waals surface area (Å²) in [6, 6.07) is 10.9. The van der Waals surface area contributed by atoms with E-state index in [-0.39, 0.29) is 12.5 Å². The molecule has 0 saturated heterocycles. The van der Waals surface area contributed by atoms with Crippen LogP contribution in [-0.4, -0.2) is 17.4 Å². The molecule has 3 rings (SSSR count). The number of carbonyl (C=O) groups excluding carboxylic acids is 1. The molecule has 0 aliphatic rings. The fourth-order valence-electron chi connectivity index (χ4n) is 2.25. The second kappa shape index (κ2) is 8.05. The number of ether oxygens (including phenoxy) is 1. The van der Waals surface area contributed by atoms with E-state index in [0.29, 0.717) is 23.6 Å². The number of thiazole rings is 1. The van der Waals surface area contributed by atoms with Gasteiger partial charge in [-0.25, -0.2) is 13.8 Å². The minimum absolute atomic E-state index is 0.134. The Balaban J connectivity index is 1.65. The van der Waals surface area contributed by atoms with Crippen molar-refractivity contribution in [1.29, 1.82) is 0 Å². The smallest absolute Gasteiger partial charge is 0.270 e. The van der Waals surface area contributed by atoms with Crippen LogP contribution in [0.4, 0.5) is 8.78 Å². The Morgan fingerprint density at radius 3 is 2.62 bits per heavy atom. The van der Waals surface area contributed by atoms with Crippen LogP contribution in [0, 0.1) is 11.6 Å². The van der Waals surface area contributed by atoms with E-state index in [1.54, 1.807) is 17.5 Å². The third-order valence-corrected chi connectivity index (χ3v) is 4.46. The molecular weight excluding hydrogens is 358 g/mol. The highest BCUT2D eigenvalue weighted by Crippen LogP contribution is 2.26. The van der Waals surface area contributed by atoms with E-state index >= 15 is 0 Å². The molecule has 0 radical (unpaired) electrons. The van der Waals surface area contributed by atoms with E-state index in [4.69, 9.17) is 4.74 Å². The standard InChI is InChI=1S/C19H16F2N2O2S/c1-2-22-18(24)17-11-26-19(23-17)13-4-6-14(7-5-13)25-10-12-3-8-15(20)16(21)9-12/h3-9,11H,2,10H2,1H3,(H,22,24). The van der Waals surface area contributed by atoms with Crippen LogP contribution in [0.25, 0.3) is 10.6 Å². The van der Waals surface area contributed by atoms with Crippen molar-refractivity contribution < 1.29 is 18.3 Å². The van der Waals surface area contributed by atoms with Gasteiger partial charge in [0.2, 0.25) is 0 Å². The summed E-state index contributed by atoms with van der Waals surface area (Å²) < 4.78 is 31.7. The maximum Gasteiger partial charge on any atom is 0.270 e. The lowest BCUT2D eigenvalue weighted by molar-refractivity contribution is 0.0951. The SMILES string of the molecule is CCNC(=O)c1csc(-c2ccc(OCc3ccc(F)c(F)c3)cc2)n1. The van der Waals surface area contributed by atoms with Crippen LogP contribution in [0.3, 0.4) is 0 Å². The van der Waals surface area contributed by atoms with Crippen LogP contribution in [0.15, 0.2) is 47.8 Å². The van der Waals surface area contributed by atoms with Crippen molar-refractivity contribution in [1.82, 2.24) is 10.3 Å². The van der Waals surface area contributed by atoms with Crippen molar-refractivity contribution in [3.63, 3.8) is 0 Å². The molecule has 1 aromatic heterocycles. The van der Waals surface area contributed by atoms with Crippen molar-refractivity contribution >= 4 is 17.2 Å². The predicted octanol–water partition coefficient (Wildman–Crippen LogP) is 4.42. The molecule has 1 heterocycles. The van der Waals surface area contributed by atoms with Gasteiger partial charge in [-0.2, -0.15) is 0 Å². The zero-order valence-corrected chi connectivity index (χ0v) is 14.8. The Kier molecular flexibility index (Phi) is 5.58. The van der Waals surface area contributed by atoms with Gasteiger partial charge in [0, 0.05) is 17.5 Å². The Hall–Kier alpha value is -2.80. The molecule has 3 aromatic rings. The number of aromatic nitrogens is 1. The third-order valence-electron chi connectivity index (χ3n) is 3.56. The minimum Gasteiger partial charge on any atom is -0.489 e. The molecule has 2 aromatic carbocycles. The molecule has 0 bridgehead atoms. The molecule has 0 aliphatic carbocycles. The average molecular weight is 374 g/mol. The Labute approximate surface area is 153 Å². The lowest BCUT2D eigenvalue weighted by Crippen LogP contribution is -2.22. The van der Waals surface area contributed by atoms with Gasteiger partial charge in [-0.1, -0.05) is 6.07 Å². The summed E-state index contributed by atoms with van der Waals surface area (Å²) in [4.78, 5) is 16.1. The number of carbonyl (C=O) groups is 1. The summed E-state index contributed by atoms with van der Waals surface area (Å²) in [5.41, 5.74) is 1.80. The van der Waals surface area contributed by atoms with Gasteiger partial charge < -0.3 is 10.1 Å². The Bertz CT molecular complexity index is 910. The van der Waals surface area contributed by atoms with Gasteiger partial charge in [0.05, 0.1) is 0 Å². The summed E-state index contributed by atoms with van der Waals surface area (Å²) >= 11 is 1.39. The molecule has 0 aliphatic heterocycles. The molecule has 0 spiro atoms. The van der Waals surface area contributed by atoms with Gasteiger partial charge in [-0.15, -0.1) is 11.3 Å². The topological polar surface area (TPSA) is 51.2 Å². The maximum absolute atomic E-state index is 13.2. The number of rotatable bonds is 6. The summed E-state index contributed by atoms with van der Waals surface area (Å²) in [7, 11) is 0. The van der Waals surface area contributed by atoms with E-state index in [0.717, 1.165) is 22.7 Å². The summed E-state index contributed by atoms with van der Waals surface area (Å²) in [5, 5.41) is 5.16. The van der Waals surface area contributed by atoms with Gasteiger partial charge in [0.1, 0.15) is 23.1 Å². The molecule has 0 fully saturated rings. The van der Waals surface area contributed by atoms with E-state index < -0.39 is 11.6 Å². The van der Waals surface area contributed by atoms with E-state index in [2.05, 4.69) is 10.3 Å². The highest BCUT2D eigenvalue weighted by molar-refractivity contribution is 7.13. The molecule has 7 heteroatoms. The first-order valence-electron chi connectivity index (χ1n) is 7.97. The Morgan fingerprint density at radius 2 is 1.92 bits per heavy atom. The van der Waals surface area contributed by atoms with Gasteiger partial charge >= 0.3 is 0 Å². The molecule has 134 valence electrons. The lowest BCUT2D eigenvalue weighted by Gasteiger charge is -2.07. The van der Waals surface area contributed by atoms with Gasteiger partial charge in [-0.3, -0.25) is 4.79 Å². The number of amides is 1. The van der Waals surface area contributed by atoms with E-state index in [1.807, 2.05) is 19.1 Å². The van der Waals surface area contributed by atoms with Gasteiger partial charge in [0.15, 0.2) is 11.6 Å². The average Bonchev–Trinajstić information content (AvgIpc) is 3.14. The first kappa shape index (κ1) is 18.0. The van der Waals surface area contributed by atoms with Gasteiger partial charge in [-0.05, 0) is 48.9 Å². The summed E-state index contributed by atoms with van der Waals surface area (Å²) in [5.74, 6) is -1.37. The summed E-state index contributed by atoms with van der Waals surface area (Å²) in [6.07, 6.45) is 0. The highest BCUT2D eigenvalue weighted by atomic mass is 32.1. The molecule has 0 unspecified atom stereocenters. The quantitative estimate of drug-likeness (QED) is 0.695. The zero-order valence-electron chi connectivity index (χ0n) is 14.0. The van der Waals surface area contributed by atoms with Crippen LogP contribution >= 0.6 is 11.3 Å². The second-order valence-corrected chi connectivity index (χ2v) is 6.32. The van der Waals surface area contributed by atoms with Crippen molar-refractivity contribution in [3.8, 4) is 16.3 Å². The predicted molar refractivity (Wildman–Crippen MR) is 96.2 cm³/mol. The van der Waals surface area contributed by atoms with Crippen molar-refractivity contribution in [3.05, 3.63) is 70.7 Å². The van der Waals surface area contributed by atoms with Crippen molar-refractivity contribution in [2.75, 3.05) is 6.54 Å². The number of benzene rings is 2. The first-order chi connectivity index (χ1) is 12.6. The third kappa shape index (κ3) is 4.23. The lowest BCUT2D eigenvalue weighted by atomic mass is 10.2.